The standard InChI is InChI=1S/C18H20N2OS/c1-12-8-9-22-17(12)11-20(3)13(2)18(21)15-10-19-16-7-5-4-6-14(15)16/h4-10,13,19H,11H2,1-3H3/p+1/t13-/m0/s1. The Labute approximate surface area is 134 Å². The third-order valence-electron chi connectivity index (χ3n) is 4.39. The number of rotatable bonds is 5. The summed E-state index contributed by atoms with van der Waals surface area (Å²) in [6, 6.07) is 10.0. The molecule has 0 amide bonds. The fourth-order valence-corrected chi connectivity index (χ4v) is 3.73. The highest BCUT2D eigenvalue weighted by molar-refractivity contribution is 7.10. The normalized spacial score (nSPS) is 14.1. The van der Waals surface area contributed by atoms with E-state index in [4.69, 9.17) is 0 Å². The molecule has 1 unspecified atom stereocenters. The Bertz CT molecular complexity index is 802. The van der Waals surface area contributed by atoms with E-state index < -0.39 is 0 Å². The van der Waals surface area contributed by atoms with E-state index in [0.29, 0.717) is 0 Å². The maximum Gasteiger partial charge on any atom is 0.221 e. The molecule has 3 rings (SSSR count). The van der Waals surface area contributed by atoms with Crippen molar-refractivity contribution in [2.45, 2.75) is 26.4 Å². The van der Waals surface area contributed by atoms with Gasteiger partial charge >= 0.3 is 0 Å². The van der Waals surface area contributed by atoms with Gasteiger partial charge in [-0.2, -0.15) is 0 Å². The van der Waals surface area contributed by atoms with Gasteiger partial charge in [-0.15, -0.1) is 11.3 Å². The summed E-state index contributed by atoms with van der Waals surface area (Å²) in [6.07, 6.45) is 1.84. The minimum atomic E-state index is -0.0688. The van der Waals surface area contributed by atoms with Gasteiger partial charge in [-0.3, -0.25) is 4.79 Å². The second-order valence-corrected chi connectivity index (χ2v) is 6.88. The third-order valence-corrected chi connectivity index (χ3v) is 5.42. The van der Waals surface area contributed by atoms with Crippen molar-refractivity contribution in [3.05, 3.63) is 57.9 Å². The number of fused-ring (bicyclic) bond motifs is 1. The van der Waals surface area contributed by atoms with E-state index in [2.05, 4.69) is 30.4 Å². The van der Waals surface area contributed by atoms with Gasteiger partial charge in [-0.1, -0.05) is 18.2 Å². The number of H-pyrrole nitrogens is 1. The summed E-state index contributed by atoms with van der Waals surface area (Å²) in [5, 5.41) is 3.13. The summed E-state index contributed by atoms with van der Waals surface area (Å²) in [5.41, 5.74) is 3.13. The van der Waals surface area contributed by atoms with E-state index in [0.717, 1.165) is 23.0 Å². The van der Waals surface area contributed by atoms with E-state index in [1.165, 1.54) is 15.3 Å². The van der Waals surface area contributed by atoms with Crippen LogP contribution in [-0.4, -0.2) is 23.9 Å². The van der Waals surface area contributed by atoms with Crippen molar-refractivity contribution in [3.63, 3.8) is 0 Å². The Morgan fingerprint density at radius 3 is 2.82 bits per heavy atom. The van der Waals surface area contributed by atoms with Crippen LogP contribution in [-0.2, 0) is 6.54 Å². The number of aromatic nitrogens is 1. The molecule has 2 N–H and O–H groups in total. The number of thiophene rings is 1. The van der Waals surface area contributed by atoms with Crippen molar-refractivity contribution in [2.75, 3.05) is 7.05 Å². The number of carbonyl (C=O) groups is 1. The van der Waals surface area contributed by atoms with Crippen LogP contribution in [0.15, 0.2) is 41.9 Å². The van der Waals surface area contributed by atoms with Gasteiger partial charge in [-0.25, -0.2) is 0 Å². The van der Waals surface area contributed by atoms with Crippen molar-refractivity contribution in [1.82, 2.24) is 4.98 Å². The van der Waals surface area contributed by atoms with E-state index in [-0.39, 0.29) is 11.8 Å². The Hall–Kier alpha value is -1.91. The molecule has 3 aromatic rings. The largest absolute Gasteiger partial charge is 0.360 e. The Balaban J connectivity index is 1.80. The van der Waals surface area contributed by atoms with Gasteiger partial charge in [0.05, 0.1) is 11.9 Å². The first-order valence-corrected chi connectivity index (χ1v) is 8.41. The molecule has 0 fully saturated rings. The molecule has 0 spiro atoms. The Morgan fingerprint density at radius 1 is 1.32 bits per heavy atom. The minimum Gasteiger partial charge on any atom is -0.360 e. The average molecular weight is 313 g/mol. The zero-order valence-corrected chi connectivity index (χ0v) is 14.0. The topological polar surface area (TPSA) is 37.3 Å². The maximum atomic E-state index is 12.8. The average Bonchev–Trinajstić information content (AvgIpc) is 3.12. The lowest BCUT2D eigenvalue weighted by atomic mass is 10.0. The molecule has 22 heavy (non-hydrogen) atoms. The monoisotopic (exact) mass is 313 g/mol. The molecule has 2 atom stereocenters. The van der Waals surface area contributed by atoms with Crippen LogP contribution in [0, 0.1) is 6.92 Å². The van der Waals surface area contributed by atoms with Gasteiger partial charge in [0.25, 0.3) is 0 Å². The summed E-state index contributed by atoms with van der Waals surface area (Å²) < 4.78 is 0. The molecule has 0 aliphatic carbocycles. The summed E-state index contributed by atoms with van der Waals surface area (Å²) in [4.78, 5) is 18.6. The van der Waals surface area contributed by atoms with Crippen molar-refractivity contribution in [2.24, 2.45) is 0 Å². The molecule has 114 valence electrons. The molecule has 2 heterocycles. The van der Waals surface area contributed by atoms with Crippen LogP contribution in [0.2, 0.25) is 0 Å². The van der Waals surface area contributed by atoms with E-state index in [9.17, 15) is 4.79 Å². The van der Waals surface area contributed by atoms with Gasteiger partial charge in [0.2, 0.25) is 5.78 Å². The molecule has 1 aromatic carbocycles. The van der Waals surface area contributed by atoms with Crippen LogP contribution >= 0.6 is 11.3 Å². The lowest BCUT2D eigenvalue weighted by molar-refractivity contribution is -0.907. The van der Waals surface area contributed by atoms with Crippen LogP contribution in [0.4, 0.5) is 0 Å². The number of benzene rings is 1. The van der Waals surface area contributed by atoms with Crippen molar-refractivity contribution in [3.8, 4) is 0 Å². The molecule has 0 radical (unpaired) electrons. The molecule has 3 nitrogen and oxygen atoms in total. The lowest BCUT2D eigenvalue weighted by Gasteiger charge is -2.20. The number of para-hydroxylation sites is 1. The van der Waals surface area contributed by atoms with E-state index >= 15 is 0 Å². The maximum absolute atomic E-state index is 12.8. The Morgan fingerprint density at radius 2 is 2.09 bits per heavy atom. The number of likely N-dealkylation sites (N-methyl/N-ethyl adjacent to an activating group) is 1. The Kier molecular flexibility index (Phi) is 4.14. The van der Waals surface area contributed by atoms with Crippen molar-refractivity contribution >= 4 is 28.0 Å². The highest BCUT2D eigenvalue weighted by atomic mass is 32.1. The second-order valence-electron chi connectivity index (χ2n) is 5.88. The zero-order chi connectivity index (χ0) is 15.7. The molecule has 0 saturated heterocycles. The SMILES string of the molecule is Cc1ccsc1C[NH+](C)[C@@H](C)C(=O)c1c[nH]c2ccccc12. The minimum absolute atomic E-state index is 0.0688. The number of ketones is 1. The number of carbonyl (C=O) groups excluding carboxylic acids is 1. The summed E-state index contributed by atoms with van der Waals surface area (Å²) in [5.74, 6) is 0.198. The highest BCUT2D eigenvalue weighted by Crippen LogP contribution is 2.19. The number of hydrogen-bond donors (Lipinski definition) is 2. The summed E-state index contributed by atoms with van der Waals surface area (Å²) in [6.45, 7) is 5.03. The molecular weight excluding hydrogens is 292 g/mol. The lowest BCUT2D eigenvalue weighted by Crippen LogP contribution is -3.12. The van der Waals surface area contributed by atoms with Crippen LogP contribution in [0.1, 0.15) is 27.7 Å². The van der Waals surface area contributed by atoms with Gasteiger partial charge in [0.1, 0.15) is 12.6 Å². The number of hydrogen-bond acceptors (Lipinski definition) is 2. The molecule has 0 saturated carbocycles. The van der Waals surface area contributed by atoms with Crippen LogP contribution < -0.4 is 4.90 Å². The van der Waals surface area contributed by atoms with E-state index in [1.54, 1.807) is 11.3 Å². The number of nitrogens with one attached hydrogen (secondary N) is 2. The smallest absolute Gasteiger partial charge is 0.221 e. The quantitative estimate of drug-likeness (QED) is 0.698. The zero-order valence-electron chi connectivity index (χ0n) is 13.1. The molecule has 0 aliphatic rings. The number of aromatic amines is 1. The van der Waals surface area contributed by atoms with Crippen LogP contribution in [0.25, 0.3) is 10.9 Å². The predicted molar refractivity (Wildman–Crippen MR) is 91.7 cm³/mol. The predicted octanol–water partition coefficient (Wildman–Crippen LogP) is 2.82. The molecular formula is C18H21N2OS+. The van der Waals surface area contributed by atoms with Crippen molar-refractivity contribution < 1.29 is 9.69 Å². The first kappa shape index (κ1) is 15.0. The van der Waals surface area contributed by atoms with Gasteiger partial charge < -0.3 is 9.88 Å². The van der Waals surface area contributed by atoms with Gasteiger partial charge in [0, 0.05) is 22.7 Å². The first-order chi connectivity index (χ1) is 10.6. The number of Topliss-reactive ketones (excluding diaryl/α,β-unsaturated/α-hetero) is 1. The number of quaternary nitrogens is 1. The molecule has 0 bridgehead atoms. The van der Waals surface area contributed by atoms with Crippen LogP contribution in [0.5, 0.6) is 0 Å². The number of aryl methyl sites for hydroxylation is 1. The van der Waals surface area contributed by atoms with E-state index in [1.807, 2.05) is 37.4 Å². The van der Waals surface area contributed by atoms with Crippen LogP contribution in [0.3, 0.4) is 0 Å². The second kappa shape index (κ2) is 6.07. The van der Waals surface area contributed by atoms with Gasteiger partial charge in [0.15, 0.2) is 0 Å². The third kappa shape index (κ3) is 2.72. The molecule has 2 aromatic heterocycles. The first-order valence-electron chi connectivity index (χ1n) is 7.53. The summed E-state index contributed by atoms with van der Waals surface area (Å²) in [7, 11) is 2.09. The molecule has 0 aliphatic heterocycles. The fourth-order valence-electron chi connectivity index (χ4n) is 2.72. The van der Waals surface area contributed by atoms with Crippen molar-refractivity contribution in [1.29, 1.82) is 0 Å². The molecule has 4 heteroatoms. The van der Waals surface area contributed by atoms with Gasteiger partial charge in [-0.05, 0) is 36.9 Å². The highest BCUT2D eigenvalue weighted by Gasteiger charge is 2.26. The fraction of sp³-hybridized carbons (Fsp3) is 0.278. The summed E-state index contributed by atoms with van der Waals surface area (Å²) >= 11 is 1.77.